The van der Waals surface area contributed by atoms with Crippen LogP contribution in [0.15, 0.2) is 24.7 Å². The molecule has 6 heteroatoms. The second-order valence-electron chi connectivity index (χ2n) is 4.92. The molecule has 0 amide bonds. The van der Waals surface area contributed by atoms with E-state index in [1.807, 2.05) is 25.4 Å². The molecule has 2 atom stereocenters. The molecule has 1 aliphatic heterocycles. The molecule has 2 aromatic rings. The van der Waals surface area contributed by atoms with E-state index >= 15 is 0 Å². The van der Waals surface area contributed by atoms with Crippen molar-refractivity contribution in [3.8, 4) is 0 Å². The third kappa shape index (κ3) is 2.51. The minimum absolute atomic E-state index is 0.0472. The lowest BCUT2D eigenvalue weighted by atomic mass is 10.1. The SMILES string of the molecule is CCn1ccnc1[C@H]1OCC[C@@H]1Nc1nccc(C)n1. The molecule has 1 saturated heterocycles. The first-order valence-corrected chi connectivity index (χ1v) is 6.96. The molecule has 0 unspecified atom stereocenters. The number of hydrogen-bond acceptors (Lipinski definition) is 5. The van der Waals surface area contributed by atoms with Crippen molar-refractivity contribution in [3.05, 3.63) is 36.2 Å². The van der Waals surface area contributed by atoms with Gasteiger partial charge in [0.1, 0.15) is 11.9 Å². The summed E-state index contributed by atoms with van der Waals surface area (Å²) in [6.07, 6.45) is 6.45. The largest absolute Gasteiger partial charge is 0.368 e. The van der Waals surface area contributed by atoms with Gasteiger partial charge in [-0.05, 0) is 26.3 Å². The Morgan fingerprint density at radius 3 is 3.10 bits per heavy atom. The fraction of sp³-hybridized carbons (Fsp3) is 0.500. The van der Waals surface area contributed by atoms with Gasteiger partial charge in [-0.1, -0.05) is 0 Å². The molecule has 0 saturated carbocycles. The molecule has 0 aliphatic carbocycles. The Hall–Kier alpha value is -1.95. The number of rotatable bonds is 4. The van der Waals surface area contributed by atoms with E-state index in [1.165, 1.54) is 0 Å². The monoisotopic (exact) mass is 273 g/mol. The standard InChI is InChI=1S/C14H19N5O/c1-3-19-8-7-15-13(19)12-11(5-9-20-12)18-14-16-6-4-10(2)17-14/h4,6-8,11-12H,3,5,9H2,1-2H3,(H,16,17,18)/t11-,12-/m0/s1. The molecular weight excluding hydrogens is 254 g/mol. The van der Waals surface area contributed by atoms with Crippen LogP contribution in [-0.4, -0.2) is 32.2 Å². The number of anilines is 1. The number of ether oxygens (including phenoxy) is 1. The molecule has 3 rings (SSSR count). The topological polar surface area (TPSA) is 64.9 Å². The Morgan fingerprint density at radius 1 is 1.40 bits per heavy atom. The van der Waals surface area contributed by atoms with Gasteiger partial charge in [0.15, 0.2) is 0 Å². The van der Waals surface area contributed by atoms with Crippen LogP contribution < -0.4 is 5.32 Å². The van der Waals surface area contributed by atoms with Gasteiger partial charge in [-0.15, -0.1) is 0 Å². The maximum absolute atomic E-state index is 5.85. The van der Waals surface area contributed by atoms with Gasteiger partial charge in [0, 0.05) is 37.4 Å². The van der Waals surface area contributed by atoms with Gasteiger partial charge in [-0.25, -0.2) is 15.0 Å². The summed E-state index contributed by atoms with van der Waals surface area (Å²) < 4.78 is 7.97. The number of hydrogen-bond donors (Lipinski definition) is 1. The summed E-state index contributed by atoms with van der Waals surface area (Å²) in [5, 5.41) is 3.37. The predicted molar refractivity (Wildman–Crippen MR) is 75.4 cm³/mol. The van der Waals surface area contributed by atoms with E-state index in [9.17, 15) is 0 Å². The molecule has 1 aliphatic rings. The third-order valence-electron chi connectivity index (χ3n) is 3.54. The summed E-state index contributed by atoms with van der Waals surface area (Å²) in [6.45, 7) is 5.68. The first kappa shape index (κ1) is 13.1. The Labute approximate surface area is 118 Å². The van der Waals surface area contributed by atoms with E-state index in [2.05, 4.69) is 31.8 Å². The number of aryl methyl sites for hydroxylation is 2. The molecule has 20 heavy (non-hydrogen) atoms. The first-order chi connectivity index (χ1) is 9.78. The van der Waals surface area contributed by atoms with E-state index in [4.69, 9.17) is 4.74 Å². The quantitative estimate of drug-likeness (QED) is 0.922. The minimum atomic E-state index is -0.0472. The maximum Gasteiger partial charge on any atom is 0.223 e. The van der Waals surface area contributed by atoms with E-state index < -0.39 is 0 Å². The van der Waals surface area contributed by atoms with Crippen molar-refractivity contribution in [2.45, 2.75) is 39.0 Å². The van der Waals surface area contributed by atoms with Crippen molar-refractivity contribution in [2.24, 2.45) is 0 Å². The molecule has 0 radical (unpaired) electrons. The second-order valence-corrected chi connectivity index (χ2v) is 4.92. The van der Waals surface area contributed by atoms with Crippen LogP contribution in [0, 0.1) is 6.92 Å². The molecule has 2 aromatic heterocycles. The second kappa shape index (κ2) is 5.58. The Kier molecular flexibility index (Phi) is 3.64. The summed E-state index contributed by atoms with van der Waals surface area (Å²) in [4.78, 5) is 13.1. The van der Waals surface area contributed by atoms with E-state index in [0.29, 0.717) is 5.95 Å². The minimum Gasteiger partial charge on any atom is -0.368 e. The molecule has 1 fully saturated rings. The highest BCUT2D eigenvalue weighted by Crippen LogP contribution is 2.29. The van der Waals surface area contributed by atoms with Crippen molar-refractivity contribution < 1.29 is 4.74 Å². The zero-order valence-corrected chi connectivity index (χ0v) is 11.8. The van der Waals surface area contributed by atoms with Gasteiger partial charge in [0.2, 0.25) is 5.95 Å². The van der Waals surface area contributed by atoms with Gasteiger partial charge >= 0.3 is 0 Å². The lowest BCUT2D eigenvalue weighted by Gasteiger charge is -2.20. The van der Waals surface area contributed by atoms with Gasteiger partial charge in [0.05, 0.1) is 6.04 Å². The maximum atomic E-state index is 5.85. The van der Waals surface area contributed by atoms with Crippen LogP contribution >= 0.6 is 0 Å². The first-order valence-electron chi connectivity index (χ1n) is 6.96. The van der Waals surface area contributed by atoms with Crippen LogP contribution in [0.3, 0.4) is 0 Å². The number of imidazole rings is 1. The molecular formula is C14H19N5O. The van der Waals surface area contributed by atoms with Crippen LogP contribution in [0.25, 0.3) is 0 Å². The molecule has 3 heterocycles. The Bertz CT molecular complexity index is 582. The zero-order valence-electron chi connectivity index (χ0n) is 11.8. The average Bonchev–Trinajstić information content (AvgIpc) is 3.06. The van der Waals surface area contributed by atoms with Crippen LogP contribution in [0.5, 0.6) is 0 Å². The molecule has 106 valence electrons. The average molecular weight is 273 g/mol. The summed E-state index contributed by atoms with van der Waals surface area (Å²) >= 11 is 0. The van der Waals surface area contributed by atoms with E-state index in [0.717, 1.165) is 31.1 Å². The normalized spacial score (nSPS) is 22.1. The van der Waals surface area contributed by atoms with Crippen LogP contribution in [0.1, 0.15) is 31.0 Å². The lowest BCUT2D eigenvalue weighted by Crippen LogP contribution is -2.26. The van der Waals surface area contributed by atoms with Crippen molar-refractivity contribution in [3.63, 3.8) is 0 Å². The van der Waals surface area contributed by atoms with Gasteiger partial charge < -0.3 is 14.6 Å². The highest BCUT2D eigenvalue weighted by molar-refractivity contribution is 5.28. The van der Waals surface area contributed by atoms with Gasteiger partial charge in [-0.3, -0.25) is 0 Å². The van der Waals surface area contributed by atoms with Gasteiger partial charge in [-0.2, -0.15) is 0 Å². The fourth-order valence-electron chi connectivity index (χ4n) is 2.52. The van der Waals surface area contributed by atoms with Crippen molar-refractivity contribution in [1.29, 1.82) is 0 Å². The third-order valence-corrected chi connectivity index (χ3v) is 3.54. The van der Waals surface area contributed by atoms with E-state index in [-0.39, 0.29) is 12.1 Å². The van der Waals surface area contributed by atoms with Crippen molar-refractivity contribution in [1.82, 2.24) is 19.5 Å². The summed E-state index contributed by atoms with van der Waals surface area (Å²) in [6, 6.07) is 2.04. The van der Waals surface area contributed by atoms with Crippen LogP contribution in [-0.2, 0) is 11.3 Å². The molecule has 1 N–H and O–H groups in total. The van der Waals surface area contributed by atoms with Crippen molar-refractivity contribution in [2.75, 3.05) is 11.9 Å². The van der Waals surface area contributed by atoms with Crippen molar-refractivity contribution >= 4 is 5.95 Å². The molecule has 0 bridgehead atoms. The highest BCUT2D eigenvalue weighted by Gasteiger charge is 2.33. The number of nitrogens with zero attached hydrogens (tertiary/aromatic N) is 4. The van der Waals surface area contributed by atoms with Gasteiger partial charge in [0.25, 0.3) is 0 Å². The summed E-state index contributed by atoms with van der Waals surface area (Å²) in [7, 11) is 0. The number of nitrogens with one attached hydrogen (secondary N) is 1. The van der Waals surface area contributed by atoms with Crippen LogP contribution in [0.2, 0.25) is 0 Å². The van der Waals surface area contributed by atoms with Crippen LogP contribution in [0.4, 0.5) is 5.95 Å². The molecule has 0 spiro atoms. The number of aromatic nitrogens is 4. The lowest BCUT2D eigenvalue weighted by molar-refractivity contribution is 0.0975. The summed E-state index contributed by atoms with van der Waals surface area (Å²) in [5.41, 5.74) is 0.952. The van der Waals surface area contributed by atoms with E-state index in [1.54, 1.807) is 6.20 Å². The molecule has 6 nitrogen and oxygen atoms in total. The smallest absolute Gasteiger partial charge is 0.223 e. The Balaban J connectivity index is 1.79. The summed E-state index contributed by atoms with van der Waals surface area (Å²) in [5.74, 6) is 1.62. The Morgan fingerprint density at radius 2 is 2.30 bits per heavy atom. The predicted octanol–water partition coefficient (Wildman–Crippen LogP) is 1.94. The zero-order chi connectivity index (χ0) is 13.9. The molecule has 0 aromatic carbocycles. The fourth-order valence-corrected chi connectivity index (χ4v) is 2.52. The highest BCUT2D eigenvalue weighted by atomic mass is 16.5.